The average molecular weight is 411 g/mol. The van der Waals surface area contributed by atoms with E-state index in [9.17, 15) is 9.18 Å². The lowest BCUT2D eigenvalue weighted by Crippen LogP contribution is -2.51. The molecule has 1 heterocycles. The van der Waals surface area contributed by atoms with Crippen molar-refractivity contribution in [2.75, 3.05) is 26.3 Å². The maximum absolute atomic E-state index is 13.4. The zero-order chi connectivity index (χ0) is 20.9. The minimum Gasteiger partial charge on any atom is -0.381 e. The van der Waals surface area contributed by atoms with Gasteiger partial charge in [0.2, 0.25) is 5.91 Å². The standard InChI is InChI=1S/C25H31FN2O2/c26-22-10-8-21(9-11-22)25(14-16-30-17-15-25)28-18-23(29)27-19-24(12-4-5-13-24)20-6-2-1-3-7-20/h1-3,6-11,28H,4-5,12-19H2,(H,27,29). The molecule has 1 aliphatic heterocycles. The van der Waals surface area contributed by atoms with Crippen LogP contribution in [0.15, 0.2) is 54.6 Å². The van der Waals surface area contributed by atoms with E-state index >= 15 is 0 Å². The highest BCUT2D eigenvalue weighted by atomic mass is 19.1. The fraction of sp³-hybridized carbons (Fsp3) is 0.480. The van der Waals surface area contributed by atoms with Crippen molar-refractivity contribution >= 4 is 5.91 Å². The van der Waals surface area contributed by atoms with Gasteiger partial charge in [0.1, 0.15) is 5.82 Å². The molecular weight excluding hydrogens is 379 g/mol. The van der Waals surface area contributed by atoms with Crippen LogP contribution in [0.2, 0.25) is 0 Å². The predicted molar refractivity (Wildman–Crippen MR) is 116 cm³/mol. The van der Waals surface area contributed by atoms with Gasteiger partial charge in [-0.2, -0.15) is 0 Å². The smallest absolute Gasteiger partial charge is 0.234 e. The zero-order valence-corrected chi connectivity index (χ0v) is 17.5. The van der Waals surface area contributed by atoms with E-state index in [2.05, 4.69) is 34.9 Å². The fourth-order valence-corrected chi connectivity index (χ4v) is 5.05. The van der Waals surface area contributed by atoms with Crippen molar-refractivity contribution in [2.45, 2.75) is 49.5 Å². The number of amides is 1. The van der Waals surface area contributed by atoms with Crippen molar-refractivity contribution in [3.63, 3.8) is 0 Å². The highest BCUT2D eigenvalue weighted by Crippen LogP contribution is 2.40. The Morgan fingerprint density at radius 1 is 0.900 bits per heavy atom. The van der Waals surface area contributed by atoms with Gasteiger partial charge in [-0.05, 0) is 48.9 Å². The Bertz CT molecular complexity index is 826. The number of nitrogens with one attached hydrogen (secondary N) is 2. The van der Waals surface area contributed by atoms with Crippen LogP contribution in [-0.2, 0) is 20.5 Å². The molecule has 2 aromatic carbocycles. The molecular formula is C25H31FN2O2. The number of hydrogen-bond acceptors (Lipinski definition) is 3. The second-order valence-corrected chi connectivity index (χ2v) is 8.69. The van der Waals surface area contributed by atoms with E-state index in [1.54, 1.807) is 0 Å². The molecule has 1 aliphatic carbocycles. The third-order valence-electron chi connectivity index (χ3n) is 6.90. The molecule has 0 bridgehead atoms. The fourth-order valence-electron chi connectivity index (χ4n) is 5.05. The van der Waals surface area contributed by atoms with Crippen LogP contribution in [-0.4, -0.2) is 32.2 Å². The first kappa shape index (κ1) is 21.0. The average Bonchev–Trinajstić information content (AvgIpc) is 3.28. The Morgan fingerprint density at radius 3 is 2.23 bits per heavy atom. The molecule has 1 saturated carbocycles. The predicted octanol–water partition coefficient (Wildman–Crippen LogP) is 4.05. The summed E-state index contributed by atoms with van der Waals surface area (Å²) < 4.78 is 18.9. The van der Waals surface area contributed by atoms with Crippen molar-refractivity contribution in [1.29, 1.82) is 0 Å². The van der Waals surface area contributed by atoms with Gasteiger partial charge >= 0.3 is 0 Å². The first-order valence-corrected chi connectivity index (χ1v) is 11.0. The second kappa shape index (κ2) is 9.27. The first-order chi connectivity index (χ1) is 14.6. The maximum atomic E-state index is 13.4. The van der Waals surface area contributed by atoms with Crippen molar-refractivity contribution in [3.8, 4) is 0 Å². The number of carbonyl (C=O) groups excluding carboxylic acids is 1. The van der Waals surface area contributed by atoms with E-state index < -0.39 is 0 Å². The third kappa shape index (κ3) is 4.57. The summed E-state index contributed by atoms with van der Waals surface area (Å²) in [6.07, 6.45) is 6.16. The van der Waals surface area contributed by atoms with Crippen molar-refractivity contribution in [1.82, 2.24) is 10.6 Å². The molecule has 0 atom stereocenters. The van der Waals surface area contributed by atoms with Gasteiger partial charge in [0.05, 0.1) is 6.54 Å². The van der Waals surface area contributed by atoms with Crippen LogP contribution in [0.5, 0.6) is 0 Å². The molecule has 160 valence electrons. The van der Waals surface area contributed by atoms with E-state index in [1.807, 2.05) is 18.2 Å². The summed E-state index contributed by atoms with van der Waals surface area (Å²) in [4.78, 5) is 12.8. The quantitative estimate of drug-likeness (QED) is 0.724. The first-order valence-electron chi connectivity index (χ1n) is 11.0. The molecule has 0 spiro atoms. The van der Waals surface area contributed by atoms with Crippen LogP contribution in [0.4, 0.5) is 4.39 Å². The van der Waals surface area contributed by atoms with Crippen molar-refractivity contribution < 1.29 is 13.9 Å². The Labute approximate surface area is 178 Å². The lowest BCUT2D eigenvalue weighted by atomic mass is 9.79. The van der Waals surface area contributed by atoms with E-state index in [0.717, 1.165) is 31.2 Å². The summed E-state index contributed by atoms with van der Waals surface area (Å²) in [5, 5.41) is 6.67. The van der Waals surface area contributed by atoms with Crippen LogP contribution < -0.4 is 10.6 Å². The van der Waals surface area contributed by atoms with E-state index in [0.29, 0.717) is 19.8 Å². The van der Waals surface area contributed by atoms with Crippen molar-refractivity contribution in [2.24, 2.45) is 0 Å². The maximum Gasteiger partial charge on any atom is 0.234 e. The molecule has 5 heteroatoms. The highest BCUT2D eigenvalue weighted by molar-refractivity contribution is 5.78. The van der Waals surface area contributed by atoms with Crippen LogP contribution >= 0.6 is 0 Å². The molecule has 2 aliphatic rings. The molecule has 0 aromatic heterocycles. The van der Waals surface area contributed by atoms with E-state index in [1.165, 1.54) is 30.5 Å². The summed E-state index contributed by atoms with van der Waals surface area (Å²) in [5.74, 6) is -0.244. The summed E-state index contributed by atoms with van der Waals surface area (Å²) in [7, 11) is 0. The molecule has 2 N–H and O–H groups in total. The SMILES string of the molecule is O=C(CNC1(c2ccc(F)cc2)CCOCC1)NCC1(c2ccccc2)CCCC1. The lowest BCUT2D eigenvalue weighted by molar-refractivity contribution is -0.121. The van der Waals surface area contributed by atoms with Crippen LogP contribution in [0.1, 0.15) is 49.7 Å². The molecule has 4 nitrogen and oxygen atoms in total. The van der Waals surface area contributed by atoms with Gasteiger partial charge in [-0.15, -0.1) is 0 Å². The van der Waals surface area contributed by atoms with E-state index in [4.69, 9.17) is 4.74 Å². The van der Waals surface area contributed by atoms with Gasteiger partial charge in [0.15, 0.2) is 0 Å². The van der Waals surface area contributed by atoms with Crippen molar-refractivity contribution in [3.05, 3.63) is 71.5 Å². The molecule has 0 unspecified atom stereocenters. The summed E-state index contributed by atoms with van der Waals surface area (Å²) in [5.41, 5.74) is 2.03. The molecule has 2 aromatic rings. The Kier molecular flexibility index (Phi) is 6.49. The highest BCUT2D eigenvalue weighted by Gasteiger charge is 2.37. The number of benzene rings is 2. The number of halogens is 1. The number of carbonyl (C=O) groups is 1. The van der Waals surface area contributed by atoms with Gasteiger partial charge in [-0.25, -0.2) is 4.39 Å². The molecule has 30 heavy (non-hydrogen) atoms. The molecule has 2 fully saturated rings. The monoisotopic (exact) mass is 410 g/mol. The molecule has 4 rings (SSSR count). The zero-order valence-electron chi connectivity index (χ0n) is 17.5. The van der Waals surface area contributed by atoms with Gasteiger partial charge in [0, 0.05) is 30.7 Å². The van der Waals surface area contributed by atoms with E-state index in [-0.39, 0.29) is 29.2 Å². The molecule has 1 amide bonds. The van der Waals surface area contributed by atoms with Crippen LogP contribution in [0.3, 0.4) is 0 Å². The van der Waals surface area contributed by atoms with Gasteiger partial charge in [-0.1, -0.05) is 55.3 Å². The second-order valence-electron chi connectivity index (χ2n) is 8.69. The number of hydrogen-bond donors (Lipinski definition) is 2. The summed E-state index contributed by atoms with van der Waals surface area (Å²) in [6, 6.07) is 17.2. The summed E-state index contributed by atoms with van der Waals surface area (Å²) >= 11 is 0. The van der Waals surface area contributed by atoms with Gasteiger partial charge in [0.25, 0.3) is 0 Å². The Hall–Kier alpha value is -2.24. The van der Waals surface area contributed by atoms with Crippen LogP contribution in [0, 0.1) is 5.82 Å². The minimum absolute atomic E-state index is 0.00480. The molecule has 1 saturated heterocycles. The topological polar surface area (TPSA) is 50.4 Å². The lowest BCUT2D eigenvalue weighted by Gasteiger charge is -2.39. The third-order valence-corrected chi connectivity index (χ3v) is 6.90. The Morgan fingerprint density at radius 2 is 1.57 bits per heavy atom. The van der Waals surface area contributed by atoms with Crippen LogP contribution in [0.25, 0.3) is 0 Å². The summed E-state index contributed by atoms with van der Waals surface area (Å²) in [6.45, 7) is 2.17. The number of rotatable bonds is 7. The normalized spacial score (nSPS) is 20.0. The Balaban J connectivity index is 1.40. The largest absolute Gasteiger partial charge is 0.381 e. The number of ether oxygens (including phenoxy) is 1. The van der Waals surface area contributed by atoms with Gasteiger partial charge in [-0.3, -0.25) is 10.1 Å². The minimum atomic E-state index is -0.353. The molecule has 0 radical (unpaired) electrons. The van der Waals surface area contributed by atoms with Gasteiger partial charge < -0.3 is 10.1 Å².